The van der Waals surface area contributed by atoms with Gasteiger partial charge in [-0.05, 0) is 115 Å². The zero-order valence-electron chi connectivity index (χ0n) is 28.0. The number of hydrogen-bond acceptors (Lipinski definition) is 2. The molecule has 0 bridgehead atoms. The van der Waals surface area contributed by atoms with Crippen molar-refractivity contribution in [3.05, 3.63) is 11.6 Å². The molecule has 5 rings (SSSR count). The van der Waals surface area contributed by atoms with Gasteiger partial charge in [-0.1, -0.05) is 99.6 Å². The largest absolute Gasteiger partial charge is 0.462 e. The minimum Gasteiger partial charge on any atom is -0.462 e. The summed E-state index contributed by atoms with van der Waals surface area (Å²) >= 11 is 0. The van der Waals surface area contributed by atoms with Gasteiger partial charge in [0.2, 0.25) is 0 Å². The van der Waals surface area contributed by atoms with Gasteiger partial charge in [0.15, 0.2) is 0 Å². The molecular weight excluding hydrogens is 488 g/mol. The topological polar surface area (TPSA) is 26.3 Å². The molecule has 0 saturated heterocycles. The molecule has 0 aliphatic heterocycles. The van der Waals surface area contributed by atoms with E-state index in [0.717, 1.165) is 42.9 Å². The Bertz CT molecular complexity index is 978. The number of ether oxygens (including phenoxy) is 1. The quantitative estimate of drug-likeness (QED) is 0.178. The van der Waals surface area contributed by atoms with Gasteiger partial charge in [0.25, 0.3) is 0 Å². The molecular formula is C38H64O2. The predicted molar refractivity (Wildman–Crippen MR) is 168 cm³/mol. The molecule has 2 heteroatoms. The van der Waals surface area contributed by atoms with E-state index in [9.17, 15) is 4.79 Å². The fraction of sp³-hybridized carbons (Fsp3) is 0.921. The van der Waals surface area contributed by atoms with Crippen molar-refractivity contribution in [2.75, 3.05) is 0 Å². The van der Waals surface area contributed by atoms with E-state index in [2.05, 4.69) is 68.4 Å². The first-order chi connectivity index (χ1) is 18.7. The van der Waals surface area contributed by atoms with Gasteiger partial charge in [0.05, 0.1) is 0 Å². The molecule has 0 aromatic rings. The Morgan fingerprint density at radius 2 is 1.57 bits per heavy atom. The summed E-state index contributed by atoms with van der Waals surface area (Å²) in [7, 11) is 0. The lowest BCUT2D eigenvalue weighted by atomic mass is 9.33. The Kier molecular flexibility index (Phi) is 8.23. The van der Waals surface area contributed by atoms with E-state index in [1.165, 1.54) is 70.6 Å². The molecule has 10 atom stereocenters. The summed E-state index contributed by atoms with van der Waals surface area (Å²) in [5, 5.41) is 0. The van der Waals surface area contributed by atoms with Crippen molar-refractivity contribution in [2.24, 2.45) is 56.7 Å². The molecule has 0 unspecified atom stereocenters. The summed E-state index contributed by atoms with van der Waals surface area (Å²) in [6, 6.07) is 0. The van der Waals surface area contributed by atoms with Gasteiger partial charge in [-0.3, -0.25) is 4.79 Å². The summed E-state index contributed by atoms with van der Waals surface area (Å²) in [5.74, 6) is 3.81. The molecule has 4 fully saturated rings. The summed E-state index contributed by atoms with van der Waals surface area (Å²) in [6.45, 7) is 23.0. The van der Waals surface area contributed by atoms with Gasteiger partial charge in [-0.25, -0.2) is 0 Å². The Morgan fingerprint density at radius 3 is 2.30 bits per heavy atom. The Labute approximate surface area is 248 Å². The van der Waals surface area contributed by atoms with Crippen LogP contribution in [-0.2, 0) is 9.53 Å². The highest BCUT2D eigenvalue weighted by Gasteiger charge is 2.68. The van der Waals surface area contributed by atoms with Crippen molar-refractivity contribution in [1.82, 2.24) is 0 Å². The molecule has 4 saturated carbocycles. The zero-order chi connectivity index (χ0) is 29.1. The van der Waals surface area contributed by atoms with Crippen LogP contribution in [0.25, 0.3) is 0 Å². The van der Waals surface area contributed by atoms with E-state index in [4.69, 9.17) is 4.74 Å². The van der Waals surface area contributed by atoms with Gasteiger partial charge in [-0.15, -0.1) is 0 Å². The third kappa shape index (κ3) is 4.58. The van der Waals surface area contributed by atoms with Crippen LogP contribution in [0.5, 0.6) is 0 Å². The van der Waals surface area contributed by atoms with Gasteiger partial charge in [0, 0.05) is 11.8 Å². The number of carbonyl (C=O) groups is 1. The van der Waals surface area contributed by atoms with Crippen LogP contribution in [0.4, 0.5) is 0 Å². The first kappa shape index (κ1) is 30.7. The molecule has 0 radical (unpaired) electrons. The van der Waals surface area contributed by atoms with Crippen LogP contribution in [-0.4, -0.2) is 12.1 Å². The van der Waals surface area contributed by atoms with Crippen molar-refractivity contribution < 1.29 is 9.53 Å². The van der Waals surface area contributed by atoms with Crippen LogP contribution in [0.1, 0.15) is 159 Å². The van der Waals surface area contributed by atoms with Crippen molar-refractivity contribution in [2.45, 2.75) is 165 Å². The molecule has 5 aliphatic rings. The van der Waals surface area contributed by atoms with Crippen molar-refractivity contribution >= 4 is 5.97 Å². The molecule has 0 N–H and O–H groups in total. The molecule has 40 heavy (non-hydrogen) atoms. The number of hydrogen-bond donors (Lipinski definition) is 0. The number of esters is 1. The van der Waals surface area contributed by atoms with Crippen LogP contribution in [0.15, 0.2) is 11.6 Å². The lowest BCUT2D eigenvalue weighted by Crippen LogP contribution is -2.65. The van der Waals surface area contributed by atoms with E-state index in [0.29, 0.717) is 34.0 Å². The minimum atomic E-state index is 0.0373. The van der Waals surface area contributed by atoms with Gasteiger partial charge < -0.3 is 4.74 Å². The smallest absolute Gasteiger partial charge is 0.306 e. The van der Waals surface area contributed by atoms with Crippen LogP contribution in [0.2, 0.25) is 0 Å². The summed E-state index contributed by atoms with van der Waals surface area (Å²) in [6.07, 6.45) is 21.2. The standard InChI is InChI=1S/C38H64O2/c1-10-11-12-13-14-15-32(39)40-31-20-22-36(7)29(34(31,4)5)19-23-38(9)30(36)17-16-28-33-27(3)26(2)18-21-35(33,6)24-25-37(28,38)8/h16,26-27,29-31,33H,10-15,17-25H2,1-9H3/t26-,27+,29+,30-,31-,33+,35-,36+,37-,38-/m1/s1. The van der Waals surface area contributed by atoms with Crippen molar-refractivity contribution in [3.63, 3.8) is 0 Å². The van der Waals surface area contributed by atoms with Crippen molar-refractivity contribution in [3.8, 4) is 0 Å². The van der Waals surface area contributed by atoms with E-state index in [1.807, 2.05) is 5.57 Å². The normalized spacial score (nSPS) is 47.7. The van der Waals surface area contributed by atoms with E-state index >= 15 is 0 Å². The lowest BCUT2D eigenvalue weighted by Gasteiger charge is -2.71. The Hall–Kier alpha value is -0.790. The monoisotopic (exact) mass is 552 g/mol. The zero-order valence-corrected chi connectivity index (χ0v) is 28.0. The fourth-order valence-electron chi connectivity index (χ4n) is 12.1. The average Bonchev–Trinajstić information content (AvgIpc) is 2.89. The SMILES string of the molecule is CCCCCCCC(=O)O[C@@H]1CC[C@]2(C)[C@H]3CC=C4[C@@H]5[C@@H](C)[C@H](C)CC[C@]5(C)CC[C@@]4(C)[C@]3(C)CC[C@H]2C1(C)C. The number of carbonyl (C=O) groups excluding carboxylic acids is 1. The summed E-state index contributed by atoms with van der Waals surface area (Å²) < 4.78 is 6.32. The molecule has 0 amide bonds. The highest BCUT2D eigenvalue weighted by molar-refractivity contribution is 5.69. The average molecular weight is 553 g/mol. The molecule has 0 spiro atoms. The first-order valence-corrected chi connectivity index (χ1v) is 17.6. The van der Waals surface area contributed by atoms with Gasteiger partial charge in [-0.2, -0.15) is 0 Å². The number of unbranched alkanes of at least 4 members (excludes halogenated alkanes) is 4. The maximum absolute atomic E-state index is 12.9. The molecule has 0 heterocycles. The van der Waals surface area contributed by atoms with E-state index in [-0.39, 0.29) is 17.5 Å². The van der Waals surface area contributed by atoms with E-state index in [1.54, 1.807) is 0 Å². The predicted octanol–water partition coefficient (Wildman–Crippen LogP) is 10.9. The van der Waals surface area contributed by atoms with Crippen LogP contribution >= 0.6 is 0 Å². The number of fused-ring (bicyclic) bond motifs is 7. The van der Waals surface area contributed by atoms with E-state index < -0.39 is 0 Å². The van der Waals surface area contributed by atoms with Crippen molar-refractivity contribution in [1.29, 1.82) is 0 Å². The molecule has 0 aromatic carbocycles. The second-order valence-electron chi connectivity index (χ2n) is 17.3. The maximum atomic E-state index is 12.9. The first-order valence-electron chi connectivity index (χ1n) is 17.6. The molecule has 2 nitrogen and oxygen atoms in total. The third-order valence-electron chi connectivity index (χ3n) is 15.1. The van der Waals surface area contributed by atoms with Gasteiger partial charge >= 0.3 is 5.97 Å². The second-order valence-corrected chi connectivity index (χ2v) is 17.3. The van der Waals surface area contributed by atoms with Crippen LogP contribution in [0, 0.1) is 56.7 Å². The summed E-state index contributed by atoms with van der Waals surface area (Å²) in [4.78, 5) is 12.9. The highest BCUT2D eigenvalue weighted by Crippen LogP contribution is 2.75. The second kappa shape index (κ2) is 10.7. The maximum Gasteiger partial charge on any atom is 0.306 e. The fourth-order valence-corrected chi connectivity index (χ4v) is 12.1. The number of allylic oxidation sites excluding steroid dienone is 2. The molecule has 5 aliphatic carbocycles. The van der Waals surface area contributed by atoms with Gasteiger partial charge in [0.1, 0.15) is 6.10 Å². The Morgan fingerprint density at radius 1 is 0.850 bits per heavy atom. The van der Waals surface area contributed by atoms with Crippen LogP contribution in [0.3, 0.4) is 0 Å². The van der Waals surface area contributed by atoms with Crippen LogP contribution < -0.4 is 0 Å². The molecule has 0 aromatic heterocycles. The third-order valence-corrected chi connectivity index (χ3v) is 15.1. The minimum absolute atomic E-state index is 0.0373. The Balaban J connectivity index is 1.36. The molecule has 228 valence electrons. The highest BCUT2D eigenvalue weighted by atomic mass is 16.5. The summed E-state index contributed by atoms with van der Waals surface area (Å²) in [5.41, 5.74) is 3.42. The number of rotatable bonds is 7. The lowest BCUT2D eigenvalue weighted by molar-refractivity contribution is -0.213.